The number of aliphatic hydroxyl groups is 1. The number of nitrogens with zero attached hydrogens (tertiary/aromatic N) is 3. The van der Waals surface area contributed by atoms with Crippen LogP contribution in [-0.4, -0.2) is 89.1 Å². The summed E-state index contributed by atoms with van der Waals surface area (Å²) in [7, 11) is 1.72. The van der Waals surface area contributed by atoms with Crippen molar-refractivity contribution in [3.8, 4) is 0 Å². The summed E-state index contributed by atoms with van der Waals surface area (Å²) in [6.45, 7) is 2.37. The number of amides is 3. The summed E-state index contributed by atoms with van der Waals surface area (Å²) in [6.07, 6.45) is 8.36. The number of allylic oxidation sites excluding steroid dienone is 1. The van der Waals surface area contributed by atoms with E-state index in [2.05, 4.69) is 0 Å². The summed E-state index contributed by atoms with van der Waals surface area (Å²) in [6, 6.07) is 21.5. The van der Waals surface area contributed by atoms with E-state index in [4.69, 9.17) is 9.47 Å². The van der Waals surface area contributed by atoms with Crippen molar-refractivity contribution in [1.82, 2.24) is 9.80 Å². The average molecular weight is 692 g/mol. The summed E-state index contributed by atoms with van der Waals surface area (Å²) in [5, 5.41) is 11.4. The maximum Gasteiger partial charge on any atom is 0.313 e. The minimum Gasteiger partial charge on any atom is -0.455 e. The maximum absolute atomic E-state index is 15.1. The van der Waals surface area contributed by atoms with Crippen molar-refractivity contribution in [1.29, 1.82) is 0 Å². The number of anilines is 1. The monoisotopic (exact) mass is 691 g/mol. The van der Waals surface area contributed by atoms with Crippen molar-refractivity contribution in [2.45, 2.75) is 68.9 Å². The van der Waals surface area contributed by atoms with Gasteiger partial charge in [-0.1, -0.05) is 85.0 Å². The number of aliphatic hydroxyl groups excluding tert-OH is 1. The second-order valence-electron chi connectivity index (χ2n) is 14.0. The normalized spacial score (nSPS) is 30.3. The van der Waals surface area contributed by atoms with Crippen LogP contribution in [0.5, 0.6) is 0 Å². The number of carbonyl (C=O) groups excluding carboxylic acids is 4. The molecular weight excluding hydrogens is 646 g/mol. The zero-order chi connectivity index (χ0) is 35.7. The topological polar surface area (TPSA) is 117 Å². The number of cyclic esters (lactones) is 1. The Bertz CT molecular complexity index is 1860. The first kappa shape index (κ1) is 34.6. The molecule has 7 rings (SSSR count). The van der Waals surface area contributed by atoms with Crippen molar-refractivity contribution in [3.05, 3.63) is 103 Å². The lowest BCUT2D eigenvalue weighted by atomic mass is 9.74. The van der Waals surface area contributed by atoms with Gasteiger partial charge < -0.3 is 29.3 Å². The SMILES string of the molecule is C[C@@H]1[C@@H](c2ccccc2)OC(=O)[C@@H]2[C@@H]3C=C[C@]4(O3)[C@H](C(=O)N(c3ccc5ccccc5c3)C/C=C\CCC(=O)N1C)N(CCCCCO)C(=O)[C@@H]24. The molecule has 0 saturated carbocycles. The molecule has 4 heterocycles. The van der Waals surface area contributed by atoms with E-state index in [0.717, 1.165) is 16.3 Å². The van der Waals surface area contributed by atoms with Crippen LogP contribution >= 0.6 is 0 Å². The van der Waals surface area contributed by atoms with E-state index in [1.54, 1.807) is 27.8 Å². The van der Waals surface area contributed by atoms with Crippen LogP contribution in [0.1, 0.15) is 50.7 Å². The van der Waals surface area contributed by atoms with Crippen molar-refractivity contribution >= 4 is 40.2 Å². The number of likely N-dealkylation sites (N-methyl/N-ethyl adjacent to an activating group) is 1. The van der Waals surface area contributed by atoms with Crippen LogP contribution in [0.15, 0.2) is 97.1 Å². The van der Waals surface area contributed by atoms with E-state index in [-0.39, 0.29) is 43.8 Å². The molecule has 51 heavy (non-hydrogen) atoms. The van der Waals surface area contributed by atoms with E-state index in [1.807, 2.05) is 97.9 Å². The molecule has 266 valence electrons. The molecule has 0 radical (unpaired) electrons. The molecule has 5 bridgehead atoms. The second-order valence-corrected chi connectivity index (χ2v) is 14.0. The van der Waals surface area contributed by atoms with Gasteiger partial charge in [0, 0.05) is 38.9 Å². The Labute approximate surface area is 298 Å². The van der Waals surface area contributed by atoms with Crippen molar-refractivity contribution < 1.29 is 33.8 Å². The molecule has 3 aromatic rings. The van der Waals surface area contributed by atoms with E-state index in [9.17, 15) is 19.5 Å². The molecule has 4 aliphatic rings. The largest absolute Gasteiger partial charge is 0.455 e. The van der Waals surface area contributed by atoms with Crippen molar-refractivity contribution in [2.24, 2.45) is 11.8 Å². The molecule has 4 aliphatic heterocycles. The number of benzene rings is 3. The van der Waals surface area contributed by atoms with Crippen molar-refractivity contribution in [3.63, 3.8) is 0 Å². The molecule has 1 spiro atoms. The van der Waals surface area contributed by atoms with Gasteiger partial charge in [-0.25, -0.2) is 0 Å². The summed E-state index contributed by atoms with van der Waals surface area (Å²) in [4.78, 5) is 62.5. The third-order valence-corrected chi connectivity index (χ3v) is 11.0. The fraction of sp³-hybridized carbons (Fsp3) is 0.415. The van der Waals surface area contributed by atoms with Crippen LogP contribution in [0, 0.1) is 11.8 Å². The molecule has 10 heteroatoms. The van der Waals surface area contributed by atoms with Gasteiger partial charge in [0.15, 0.2) is 0 Å². The molecule has 7 atom stereocenters. The Kier molecular flexibility index (Phi) is 9.81. The lowest BCUT2D eigenvalue weighted by Gasteiger charge is -2.36. The standard InChI is InChI=1S/C41H45N3O7/c1-27-36(29-15-6-3-7-16-29)50-40(49)34-32-21-22-41(51-32)35(34)38(47)44(24-12-5-13-25-45)37(41)39(48)43(23-11-4-8-18-33(46)42(27)2)31-20-19-28-14-9-10-17-30(28)26-31/h3-4,6-7,9-11,14-17,19-22,26-27,32,34-37,45H,5,8,12-13,18,23-25H2,1-2H3/b11-4-/t27-,32+,34-,35-,36+,37+,41-/m1/s1. The fourth-order valence-corrected chi connectivity index (χ4v) is 8.25. The second kappa shape index (κ2) is 14.4. The van der Waals surface area contributed by atoms with E-state index in [0.29, 0.717) is 31.4 Å². The van der Waals surface area contributed by atoms with Gasteiger partial charge in [0.05, 0.1) is 18.1 Å². The minimum absolute atomic E-state index is 0.0359. The van der Waals surface area contributed by atoms with Gasteiger partial charge in [-0.05, 0) is 61.1 Å². The van der Waals surface area contributed by atoms with Gasteiger partial charge >= 0.3 is 5.97 Å². The van der Waals surface area contributed by atoms with Crippen LogP contribution in [-0.2, 0) is 28.7 Å². The Morgan fingerprint density at radius 2 is 1.65 bits per heavy atom. The molecule has 0 aromatic heterocycles. The number of esters is 1. The van der Waals surface area contributed by atoms with Gasteiger partial charge in [0.2, 0.25) is 11.8 Å². The van der Waals surface area contributed by atoms with Crippen LogP contribution in [0.3, 0.4) is 0 Å². The van der Waals surface area contributed by atoms with Crippen LogP contribution in [0.25, 0.3) is 10.8 Å². The number of unbranched alkanes of at least 4 members (excludes halogenated alkanes) is 2. The Balaban J connectivity index is 1.32. The van der Waals surface area contributed by atoms with Crippen molar-refractivity contribution in [2.75, 3.05) is 31.6 Å². The Morgan fingerprint density at radius 1 is 0.882 bits per heavy atom. The number of fused-ring (bicyclic) bond motifs is 3. The Hall–Kier alpha value is -4.80. The van der Waals surface area contributed by atoms with Gasteiger partial charge in [-0.15, -0.1) is 0 Å². The number of ether oxygens (including phenoxy) is 2. The van der Waals surface area contributed by atoms with Gasteiger partial charge in [0.25, 0.3) is 5.91 Å². The summed E-state index contributed by atoms with van der Waals surface area (Å²) in [5.41, 5.74) is 0.0245. The van der Waals surface area contributed by atoms with Crippen LogP contribution < -0.4 is 4.90 Å². The number of hydrogen-bond donors (Lipinski definition) is 1. The maximum atomic E-state index is 15.1. The Morgan fingerprint density at radius 3 is 2.43 bits per heavy atom. The first-order valence-corrected chi connectivity index (χ1v) is 18.0. The highest BCUT2D eigenvalue weighted by Crippen LogP contribution is 2.56. The fourth-order valence-electron chi connectivity index (χ4n) is 8.25. The summed E-state index contributed by atoms with van der Waals surface area (Å²) >= 11 is 0. The van der Waals surface area contributed by atoms with E-state index < -0.39 is 47.7 Å². The molecular formula is C41H45N3O7. The van der Waals surface area contributed by atoms with Gasteiger partial charge in [0.1, 0.15) is 23.7 Å². The molecule has 3 amide bonds. The molecule has 10 nitrogen and oxygen atoms in total. The van der Waals surface area contributed by atoms with Gasteiger partial charge in [-0.2, -0.15) is 0 Å². The van der Waals surface area contributed by atoms with Crippen LogP contribution in [0.4, 0.5) is 5.69 Å². The first-order valence-electron chi connectivity index (χ1n) is 18.0. The molecule has 1 N–H and O–H groups in total. The highest BCUT2D eigenvalue weighted by Gasteiger charge is 2.73. The smallest absolute Gasteiger partial charge is 0.313 e. The quantitative estimate of drug-likeness (QED) is 0.211. The molecule has 0 unspecified atom stereocenters. The zero-order valence-electron chi connectivity index (χ0n) is 29.1. The predicted octanol–water partition coefficient (Wildman–Crippen LogP) is 4.97. The molecule has 2 saturated heterocycles. The number of likely N-dealkylation sites (tertiary alicyclic amines) is 1. The average Bonchev–Trinajstić information content (AvgIpc) is 3.80. The molecule has 0 aliphatic carbocycles. The first-order chi connectivity index (χ1) is 24.7. The minimum atomic E-state index is -1.37. The number of hydrogen-bond acceptors (Lipinski definition) is 7. The van der Waals surface area contributed by atoms with E-state index >= 15 is 4.79 Å². The zero-order valence-corrected chi connectivity index (χ0v) is 29.1. The lowest BCUT2D eigenvalue weighted by molar-refractivity contribution is -0.164. The third kappa shape index (κ3) is 6.25. The highest BCUT2D eigenvalue weighted by atomic mass is 16.6. The van der Waals surface area contributed by atoms with Crippen LogP contribution in [0.2, 0.25) is 0 Å². The van der Waals surface area contributed by atoms with Gasteiger partial charge in [-0.3, -0.25) is 19.2 Å². The number of rotatable bonds is 7. The van der Waals surface area contributed by atoms with E-state index in [1.165, 1.54) is 0 Å². The summed E-state index contributed by atoms with van der Waals surface area (Å²) in [5.74, 6) is -3.29. The molecule has 3 aromatic carbocycles. The molecule has 2 fully saturated rings. The summed E-state index contributed by atoms with van der Waals surface area (Å²) < 4.78 is 13.0. The lowest BCUT2D eigenvalue weighted by Crippen LogP contribution is -2.56. The predicted molar refractivity (Wildman–Crippen MR) is 192 cm³/mol. The highest BCUT2D eigenvalue weighted by molar-refractivity contribution is 6.06. The third-order valence-electron chi connectivity index (χ3n) is 11.0. The number of carbonyl (C=O) groups is 4.